The minimum Gasteiger partial charge on any atom is -0.492 e. The summed E-state index contributed by atoms with van der Waals surface area (Å²) < 4.78 is 17.6. The molecule has 0 saturated carbocycles. The zero-order valence-corrected chi connectivity index (χ0v) is 7.21. The van der Waals surface area contributed by atoms with Gasteiger partial charge in [0.25, 0.3) is 0 Å². The molecule has 0 aliphatic carbocycles. The molecule has 4 heteroatoms. The van der Waals surface area contributed by atoms with Crippen LogP contribution in [0.1, 0.15) is 0 Å². The highest BCUT2D eigenvalue weighted by atomic mass is 35.5. The number of ether oxygens (including phenoxy) is 1. The Balaban J connectivity index is 3.29. The molecule has 0 atom stereocenters. The third-order valence-electron chi connectivity index (χ3n) is 1.21. The van der Waals surface area contributed by atoms with Crippen LogP contribution in [0.3, 0.4) is 0 Å². The fraction of sp³-hybridized carbons (Fsp3) is 0.143. The first-order valence-electron chi connectivity index (χ1n) is 2.84. The minimum absolute atomic E-state index is 0.00579. The molecule has 0 saturated heterocycles. The summed E-state index contributed by atoms with van der Waals surface area (Å²) in [6.45, 7) is 0. The van der Waals surface area contributed by atoms with Gasteiger partial charge in [0, 0.05) is 0 Å². The molecule has 0 aliphatic heterocycles. The average Bonchev–Trinajstić information content (AvgIpc) is 1.99. The fourth-order valence-electron chi connectivity index (χ4n) is 0.696. The summed E-state index contributed by atoms with van der Waals surface area (Å²) in [5.41, 5.74) is 0. The molecule has 60 valence electrons. The number of benzene rings is 1. The number of rotatable bonds is 1. The average molecular weight is 195 g/mol. The predicted octanol–water partition coefficient (Wildman–Crippen LogP) is 3.14. The summed E-state index contributed by atoms with van der Waals surface area (Å²) >= 11 is 11.0. The molecular weight excluding hydrogens is 190 g/mol. The van der Waals surface area contributed by atoms with E-state index in [-0.39, 0.29) is 15.8 Å². The topological polar surface area (TPSA) is 9.23 Å². The van der Waals surface area contributed by atoms with Gasteiger partial charge in [-0.15, -0.1) is 0 Å². The van der Waals surface area contributed by atoms with Gasteiger partial charge in [-0.3, -0.25) is 0 Å². The number of methoxy groups -OCH3 is 1. The fourth-order valence-corrected chi connectivity index (χ4v) is 1.07. The third-order valence-corrected chi connectivity index (χ3v) is 1.80. The molecular formula is C7H5Cl2FO. The van der Waals surface area contributed by atoms with Crippen molar-refractivity contribution in [2.24, 2.45) is 0 Å². The molecule has 0 aliphatic rings. The lowest BCUT2D eigenvalue weighted by molar-refractivity contribution is 0.387. The molecule has 0 unspecified atom stereocenters. The van der Waals surface area contributed by atoms with Crippen molar-refractivity contribution < 1.29 is 9.13 Å². The quantitative estimate of drug-likeness (QED) is 0.625. The first-order chi connectivity index (χ1) is 5.16. The summed E-state index contributed by atoms with van der Waals surface area (Å²) in [5.74, 6) is -0.638. The van der Waals surface area contributed by atoms with Crippen LogP contribution in [0.15, 0.2) is 12.1 Å². The Labute approximate surface area is 73.7 Å². The van der Waals surface area contributed by atoms with Crippen LogP contribution >= 0.6 is 23.2 Å². The largest absolute Gasteiger partial charge is 0.492 e. The first kappa shape index (κ1) is 8.62. The van der Waals surface area contributed by atoms with Crippen molar-refractivity contribution in [1.82, 2.24) is 0 Å². The van der Waals surface area contributed by atoms with Crippen molar-refractivity contribution in [3.8, 4) is 5.75 Å². The summed E-state index contributed by atoms with van der Waals surface area (Å²) in [7, 11) is 1.33. The molecule has 0 spiro atoms. The van der Waals surface area contributed by atoms with Crippen LogP contribution < -0.4 is 4.74 Å². The lowest BCUT2D eigenvalue weighted by Gasteiger charge is -2.04. The highest BCUT2D eigenvalue weighted by Gasteiger charge is 2.10. The maximum atomic E-state index is 12.9. The molecule has 0 N–H and O–H groups in total. The Bertz CT molecular complexity index is 275. The molecule has 1 nitrogen and oxygen atoms in total. The molecule has 0 radical (unpaired) electrons. The summed E-state index contributed by atoms with van der Waals surface area (Å²) in [6.07, 6.45) is 0. The highest BCUT2D eigenvalue weighted by Crippen LogP contribution is 2.31. The molecule has 0 amide bonds. The zero-order valence-electron chi connectivity index (χ0n) is 5.70. The van der Waals surface area contributed by atoms with E-state index in [2.05, 4.69) is 4.74 Å². The molecule has 0 aromatic heterocycles. The van der Waals surface area contributed by atoms with E-state index in [4.69, 9.17) is 23.2 Å². The molecule has 1 aromatic rings. The number of hydrogen-bond donors (Lipinski definition) is 0. The Hall–Kier alpha value is -0.470. The predicted molar refractivity (Wildman–Crippen MR) is 43.0 cm³/mol. The lowest BCUT2D eigenvalue weighted by atomic mass is 10.3. The van der Waals surface area contributed by atoms with E-state index in [1.807, 2.05) is 0 Å². The minimum atomic E-state index is -0.623. The van der Waals surface area contributed by atoms with E-state index in [0.29, 0.717) is 0 Å². The van der Waals surface area contributed by atoms with E-state index < -0.39 is 5.82 Å². The second-order valence-corrected chi connectivity index (χ2v) is 2.69. The van der Waals surface area contributed by atoms with E-state index in [0.717, 1.165) is 0 Å². The van der Waals surface area contributed by atoms with Gasteiger partial charge in [-0.05, 0) is 12.1 Å². The Kier molecular flexibility index (Phi) is 2.58. The van der Waals surface area contributed by atoms with Crippen molar-refractivity contribution in [1.29, 1.82) is 0 Å². The molecule has 11 heavy (non-hydrogen) atoms. The van der Waals surface area contributed by atoms with Crippen LogP contribution in [0.5, 0.6) is 5.75 Å². The SMILES string of the molecule is COc1c(Cl)ccc(Cl)c1F. The summed E-state index contributed by atoms with van der Waals surface area (Å²) in [5, 5.41) is 0.223. The Morgan fingerprint density at radius 2 is 1.82 bits per heavy atom. The van der Waals surface area contributed by atoms with Crippen LogP contribution in [0.25, 0.3) is 0 Å². The second-order valence-electron chi connectivity index (χ2n) is 1.88. The van der Waals surface area contributed by atoms with Crippen molar-refractivity contribution >= 4 is 23.2 Å². The first-order valence-corrected chi connectivity index (χ1v) is 3.60. The van der Waals surface area contributed by atoms with E-state index in [9.17, 15) is 4.39 Å². The van der Waals surface area contributed by atoms with Gasteiger partial charge in [0.15, 0.2) is 11.6 Å². The zero-order chi connectivity index (χ0) is 8.43. The van der Waals surface area contributed by atoms with Gasteiger partial charge in [0.1, 0.15) is 0 Å². The Morgan fingerprint density at radius 1 is 1.27 bits per heavy atom. The molecule has 1 rings (SSSR count). The van der Waals surface area contributed by atoms with Gasteiger partial charge in [-0.1, -0.05) is 23.2 Å². The van der Waals surface area contributed by atoms with E-state index in [1.165, 1.54) is 19.2 Å². The van der Waals surface area contributed by atoms with Crippen molar-refractivity contribution in [2.75, 3.05) is 7.11 Å². The number of halogens is 3. The highest BCUT2D eigenvalue weighted by molar-refractivity contribution is 6.34. The third kappa shape index (κ3) is 1.57. The summed E-state index contributed by atoms with van der Waals surface area (Å²) in [4.78, 5) is 0. The normalized spacial score (nSPS) is 9.82. The monoisotopic (exact) mass is 194 g/mol. The van der Waals surface area contributed by atoms with Gasteiger partial charge in [0.05, 0.1) is 17.2 Å². The summed E-state index contributed by atoms with van der Waals surface area (Å²) in [6, 6.07) is 2.85. The van der Waals surface area contributed by atoms with Crippen LogP contribution in [-0.4, -0.2) is 7.11 Å². The molecule has 0 heterocycles. The van der Waals surface area contributed by atoms with Crippen molar-refractivity contribution in [2.45, 2.75) is 0 Å². The van der Waals surface area contributed by atoms with Gasteiger partial charge in [0.2, 0.25) is 0 Å². The van der Waals surface area contributed by atoms with Crippen LogP contribution in [-0.2, 0) is 0 Å². The smallest absolute Gasteiger partial charge is 0.185 e. The molecule has 0 fully saturated rings. The molecule has 0 bridgehead atoms. The van der Waals surface area contributed by atoms with Gasteiger partial charge in [-0.25, -0.2) is 4.39 Å². The number of hydrogen-bond acceptors (Lipinski definition) is 1. The standard InChI is InChI=1S/C7H5Cl2FO/c1-11-7-5(9)3-2-4(8)6(7)10/h2-3H,1H3. The van der Waals surface area contributed by atoms with Gasteiger partial charge in [-0.2, -0.15) is 0 Å². The maximum absolute atomic E-state index is 12.9. The van der Waals surface area contributed by atoms with E-state index in [1.54, 1.807) is 0 Å². The van der Waals surface area contributed by atoms with Gasteiger partial charge < -0.3 is 4.74 Å². The van der Waals surface area contributed by atoms with Crippen molar-refractivity contribution in [3.63, 3.8) is 0 Å². The lowest BCUT2D eigenvalue weighted by Crippen LogP contribution is -1.89. The van der Waals surface area contributed by atoms with E-state index >= 15 is 0 Å². The van der Waals surface area contributed by atoms with Crippen molar-refractivity contribution in [3.05, 3.63) is 28.0 Å². The molecule has 1 aromatic carbocycles. The van der Waals surface area contributed by atoms with Crippen LogP contribution in [0.4, 0.5) is 4.39 Å². The van der Waals surface area contributed by atoms with Crippen LogP contribution in [0, 0.1) is 5.82 Å². The maximum Gasteiger partial charge on any atom is 0.185 e. The Morgan fingerprint density at radius 3 is 2.27 bits per heavy atom. The van der Waals surface area contributed by atoms with Gasteiger partial charge >= 0.3 is 0 Å². The van der Waals surface area contributed by atoms with Crippen LogP contribution in [0.2, 0.25) is 10.0 Å². The second kappa shape index (κ2) is 3.28.